The van der Waals surface area contributed by atoms with Crippen molar-refractivity contribution in [2.24, 2.45) is 7.05 Å². The van der Waals surface area contributed by atoms with Gasteiger partial charge in [0.2, 0.25) is 0 Å². The van der Waals surface area contributed by atoms with Crippen molar-refractivity contribution in [3.8, 4) is 22.5 Å². The van der Waals surface area contributed by atoms with Crippen LogP contribution in [-0.2, 0) is 13.6 Å². The Morgan fingerprint density at radius 3 is 2.75 bits per heavy atom. The van der Waals surface area contributed by atoms with Gasteiger partial charge in [-0.15, -0.1) is 0 Å². The van der Waals surface area contributed by atoms with Crippen LogP contribution in [0.4, 0.5) is 13.6 Å². The van der Waals surface area contributed by atoms with E-state index < -0.39 is 17.7 Å². The lowest BCUT2D eigenvalue weighted by atomic mass is 10.1. The van der Waals surface area contributed by atoms with Crippen LogP contribution in [0.2, 0.25) is 0 Å². The quantitative estimate of drug-likeness (QED) is 0.564. The van der Waals surface area contributed by atoms with Gasteiger partial charge in [0, 0.05) is 36.5 Å². The topological polar surface area (TPSA) is 97.3 Å². The monoisotopic (exact) mass is 384 g/mol. The Balaban J connectivity index is 1.85. The Labute approximate surface area is 157 Å². The Kier molecular flexibility index (Phi) is 4.22. The smallest absolute Gasteiger partial charge is 0.404 e. The highest BCUT2D eigenvalue weighted by Gasteiger charge is 2.18. The lowest BCUT2D eigenvalue weighted by Crippen LogP contribution is -2.20. The maximum Gasteiger partial charge on any atom is 0.404 e. The summed E-state index contributed by atoms with van der Waals surface area (Å²) in [6, 6.07) is 3.62. The van der Waals surface area contributed by atoms with Gasteiger partial charge in [-0.2, -0.15) is 10.2 Å². The molecule has 0 atom stereocenters. The van der Waals surface area contributed by atoms with Crippen molar-refractivity contribution in [3.63, 3.8) is 0 Å². The second kappa shape index (κ2) is 6.72. The number of hydrogen-bond donors (Lipinski definition) is 2. The molecular formula is C18H14F2N6O2. The summed E-state index contributed by atoms with van der Waals surface area (Å²) in [7, 11) is 1.76. The van der Waals surface area contributed by atoms with Gasteiger partial charge in [0.25, 0.3) is 0 Å². The van der Waals surface area contributed by atoms with Gasteiger partial charge in [-0.1, -0.05) is 0 Å². The third-order valence-electron chi connectivity index (χ3n) is 4.21. The van der Waals surface area contributed by atoms with Crippen LogP contribution in [0, 0.1) is 11.6 Å². The van der Waals surface area contributed by atoms with E-state index in [1.54, 1.807) is 36.4 Å². The van der Waals surface area contributed by atoms with Gasteiger partial charge in [0.05, 0.1) is 35.5 Å². The van der Waals surface area contributed by atoms with Crippen molar-refractivity contribution in [3.05, 3.63) is 60.2 Å². The van der Waals surface area contributed by atoms with Crippen molar-refractivity contribution in [2.75, 3.05) is 0 Å². The molecule has 0 fully saturated rings. The molecule has 1 aromatic carbocycles. The zero-order valence-electron chi connectivity index (χ0n) is 14.6. The summed E-state index contributed by atoms with van der Waals surface area (Å²) < 4.78 is 32.4. The molecule has 0 aliphatic carbocycles. The van der Waals surface area contributed by atoms with Gasteiger partial charge in [-0.05, 0) is 18.2 Å². The van der Waals surface area contributed by atoms with E-state index in [0.717, 1.165) is 12.1 Å². The van der Waals surface area contributed by atoms with Gasteiger partial charge in [0.1, 0.15) is 11.6 Å². The molecule has 0 bridgehead atoms. The van der Waals surface area contributed by atoms with Crippen LogP contribution >= 0.6 is 0 Å². The molecule has 10 heteroatoms. The number of aryl methyl sites for hydroxylation is 1. The molecule has 0 aliphatic rings. The minimum absolute atomic E-state index is 0.0483. The maximum atomic E-state index is 14.8. The Morgan fingerprint density at radius 1 is 1.21 bits per heavy atom. The van der Waals surface area contributed by atoms with Crippen LogP contribution < -0.4 is 5.32 Å². The normalized spacial score (nSPS) is 11.1. The maximum absolute atomic E-state index is 14.8. The van der Waals surface area contributed by atoms with Crippen LogP contribution in [-0.4, -0.2) is 35.6 Å². The first kappa shape index (κ1) is 17.6. The number of carbonyl (C=O) groups is 1. The Hall–Kier alpha value is -3.82. The first-order valence-electron chi connectivity index (χ1n) is 8.21. The van der Waals surface area contributed by atoms with Crippen molar-refractivity contribution < 1.29 is 18.7 Å². The summed E-state index contributed by atoms with van der Waals surface area (Å²) in [5.74, 6) is -1.46. The fraction of sp³-hybridized carbons (Fsp3) is 0.111. The molecular weight excluding hydrogens is 370 g/mol. The zero-order valence-corrected chi connectivity index (χ0v) is 14.6. The molecule has 4 aromatic rings. The van der Waals surface area contributed by atoms with Crippen molar-refractivity contribution >= 4 is 11.6 Å². The van der Waals surface area contributed by atoms with Crippen molar-refractivity contribution in [1.29, 1.82) is 0 Å². The van der Waals surface area contributed by atoms with Gasteiger partial charge in [-0.25, -0.2) is 23.1 Å². The minimum Gasteiger partial charge on any atom is -0.465 e. The number of carboxylic acid groups (broad SMARTS) is 1. The van der Waals surface area contributed by atoms with E-state index in [2.05, 4.69) is 15.2 Å². The molecule has 4 rings (SSSR count). The summed E-state index contributed by atoms with van der Waals surface area (Å²) in [6.07, 6.45) is 5.25. The fourth-order valence-electron chi connectivity index (χ4n) is 2.89. The summed E-state index contributed by atoms with van der Waals surface area (Å²) in [5.41, 5.74) is 1.76. The second-order valence-electron chi connectivity index (χ2n) is 6.12. The number of aromatic nitrogens is 5. The minimum atomic E-state index is -1.32. The van der Waals surface area contributed by atoms with Crippen LogP contribution in [0.1, 0.15) is 5.56 Å². The number of benzene rings is 1. The molecule has 0 aliphatic heterocycles. The zero-order chi connectivity index (χ0) is 19.8. The van der Waals surface area contributed by atoms with Gasteiger partial charge >= 0.3 is 6.09 Å². The van der Waals surface area contributed by atoms with E-state index in [4.69, 9.17) is 5.11 Å². The van der Waals surface area contributed by atoms with Crippen LogP contribution in [0.25, 0.3) is 28.0 Å². The van der Waals surface area contributed by atoms with E-state index in [-0.39, 0.29) is 23.4 Å². The molecule has 3 heterocycles. The van der Waals surface area contributed by atoms with Crippen LogP contribution in [0.3, 0.4) is 0 Å². The second-order valence-corrected chi connectivity index (χ2v) is 6.12. The predicted molar refractivity (Wildman–Crippen MR) is 95.4 cm³/mol. The van der Waals surface area contributed by atoms with E-state index in [1.165, 1.54) is 10.7 Å². The molecule has 0 spiro atoms. The average molecular weight is 384 g/mol. The molecule has 0 radical (unpaired) electrons. The number of amides is 1. The molecule has 0 unspecified atom stereocenters. The number of rotatable bonds is 4. The van der Waals surface area contributed by atoms with Gasteiger partial charge < -0.3 is 10.4 Å². The Morgan fingerprint density at radius 2 is 2.04 bits per heavy atom. The van der Waals surface area contributed by atoms with E-state index in [9.17, 15) is 13.6 Å². The highest BCUT2D eigenvalue weighted by atomic mass is 19.1. The average Bonchev–Trinajstić information content (AvgIpc) is 3.30. The fourth-order valence-corrected chi connectivity index (χ4v) is 2.89. The summed E-state index contributed by atoms with van der Waals surface area (Å²) in [5, 5.41) is 18.9. The van der Waals surface area contributed by atoms with Crippen LogP contribution in [0.15, 0.2) is 43.0 Å². The number of hydrogen-bond acceptors (Lipinski definition) is 4. The molecule has 8 nitrogen and oxygen atoms in total. The summed E-state index contributed by atoms with van der Waals surface area (Å²) >= 11 is 0. The van der Waals surface area contributed by atoms with Crippen LogP contribution in [0.5, 0.6) is 0 Å². The van der Waals surface area contributed by atoms with Crippen molar-refractivity contribution in [2.45, 2.75) is 6.54 Å². The number of fused-ring (bicyclic) bond motifs is 1. The standard InChI is InChI=1S/C18H14F2N6O2/c1-25-8-11(7-23-25)15-9-26-16(2-3-22-26)17(24-15)12-5-13(19)10(4-14(12)20)6-21-18(27)28/h2-5,7-9,21H,6H2,1H3,(H,27,28). The molecule has 142 valence electrons. The largest absolute Gasteiger partial charge is 0.465 e. The summed E-state index contributed by atoms with van der Waals surface area (Å²) in [4.78, 5) is 15.1. The number of halogens is 2. The third-order valence-corrected chi connectivity index (χ3v) is 4.21. The molecule has 0 saturated carbocycles. The van der Waals surface area contributed by atoms with E-state index in [1.807, 2.05) is 5.32 Å². The molecule has 0 saturated heterocycles. The highest BCUT2D eigenvalue weighted by Crippen LogP contribution is 2.30. The van der Waals surface area contributed by atoms with Gasteiger partial charge in [0.15, 0.2) is 0 Å². The molecule has 3 aromatic heterocycles. The van der Waals surface area contributed by atoms with E-state index >= 15 is 0 Å². The van der Waals surface area contributed by atoms with Crippen molar-refractivity contribution in [1.82, 2.24) is 29.7 Å². The molecule has 1 amide bonds. The highest BCUT2D eigenvalue weighted by molar-refractivity contribution is 5.79. The number of nitrogens with zero attached hydrogens (tertiary/aromatic N) is 5. The Bertz CT molecular complexity index is 1200. The third kappa shape index (κ3) is 3.15. The predicted octanol–water partition coefficient (Wildman–Crippen LogP) is 2.84. The van der Waals surface area contributed by atoms with Gasteiger partial charge in [-0.3, -0.25) is 4.68 Å². The van der Waals surface area contributed by atoms with E-state index in [0.29, 0.717) is 16.8 Å². The lowest BCUT2D eigenvalue weighted by molar-refractivity contribution is 0.194. The first-order valence-corrected chi connectivity index (χ1v) is 8.21. The molecule has 28 heavy (non-hydrogen) atoms. The SMILES string of the molecule is Cn1cc(-c2cn3nccc3c(-c3cc(F)c(CNC(=O)O)cc3F)n2)cn1. The molecule has 2 N–H and O–H groups in total. The lowest BCUT2D eigenvalue weighted by Gasteiger charge is -2.10. The number of nitrogens with one attached hydrogen (secondary N) is 1. The summed E-state index contributed by atoms with van der Waals surface area (Å²) in [6.45, 7) is -0.344. The first-order chi connectivity index (χ1) is 13.4.